The third kappa shape index (κ3) is 2.88. The molecule has 0 aliphatic heterocycles. The molecule has 0 atom stereocenters. The zero-order valence-corrected chi connectivity index (χ0v) is 11.5. The van der Waals surface area contributed by atoms with Crippen LogP contribution in [0.3, 0.4) is 0 Å². The Kier molecular flexibility index (Phi) is 3.52. The van der Waals surface area contributed by atoms with Crippen molar-refractivity contribution >= 4 is 15.9 Å². The van der Waals surface area contributed by atoms with Gasteiger partial charge in [0.15, 0.2) is 0 Å². The van der Waals surface area contributed by atoms with Crippen LogP contribution < -0.4 is 0 Å². The Morgan fingerprint density at radius 1 is 1.35 bits per heavy atom. The molecule has 0 amide bonds. The van der Waals surface area contributed by atoms with Gasteiger partial charge in [0.1, 0.15) is 10.4 Å². The van der Waals surface area contributed by atoms with Crippen molar-refractivity contribution in [2.24, 2.45) is 5.92 Å². The molecule has 1 aromatic heterocycles. The van der Waals surface area contributed by atoms with Crippen LogP contribution in [0.5, 0.6) is 5.75 Å². The number of aromatic nitrogens is 2. The van der Waals surface area contributed by atoms with Gasteiger partial charge >= 0.3 is 0 Å². The van der Waals surface area contributed by atoms with Crippen molar-refractivity contribution < 1.29 is 5.11 Å². The number of benzene rings is 1. The van der Waals surface area contributed by atoms with Crippen molar-refractivity contribution in [3.05, 3.63) is 40.6 Å². The maximum atomic E-state index is 9.50. The summed E-state index contributed by atoms with van der Waals surface area (Å²) in [4.78, 5) is 0. The van der Waals surface area contributed by atoms with E-state index in [-0.39, 0.29) is 5.75 Å². The fraction of sp³-hybridized carbons (Fsp3) is 0.308. The highest BCUT2D eigenvalue weighted by Crippen LogP contribution is 2.21. The van der Waals surface area contributed by atoms with Gasteiger partial charge in [-0.15, -0.1) is 0 Å². The van der Waals surface area contributed by atoms with E-state index in [1.165, 1.54) is 0 Å². The first-order chi connectivity index (χ1) is 8.06. The van der Waals surface area contributed by atoms with E-state index in [2.05, 4.69) is 34.9 Å². The summed E-state index contributed by atoms with van der Waals surface area (Å²) in [6.45, 7) is 4.35. The zero-order chi connectivity index (χ0) is 12.4. The van der Waals surface area contributed by atoms with Gasteiger partial charge in [-0.25, -0.2) is 4.68 Å². The van der Waals surface area contributed by atoms with Gasteiger partial charge in [0.25, 0.3) is 0 Å². The summed E-state index contributed by atoms with van der Waals surface area (Å²) in [6, 6.07) is 9.14. The first-order valence-corrected chi connectivity index (χ1v) is 6.39. The molecule has 4 heteroatoms. The van der Waals surface area contributed by atoms with Crippen molar-refractivity contribution in [1.29, 1.82) is 0 Å². The molecule has 0 saturated heterocycles. The molecule has 1 heterocycles. The van der Waals surface area contributed by atoms with Crippen LogP contribution in [0.2, 0.25) is 0 Å². The summed E-state index contributed by atoms with van der Waals surface area (Å²) >= 11 is 3.39. The smallest absolute Gasteiger partial charge is 0.128 e. The maximum absolute atomic E-state index is 9.50. The average molecular weight is 295 g/mol. The molecule has 0 spiro atoms. The van der Waals surface area contributed by atoms with Gasteiger partial charge in [0, 0.05) is 11.8 Å². The highest BCUT2D eigenvalue weighted by molar-refractivity contribution is 9.10. The second-order valence-electron chi connectivity index (χ2n) is 4.49. The second-order valence-corrected chi connectivity index (χ2v) is 5.30. The molecule has 0 aliphatic rings. The van der Waals surface area contributed by atoms with Crippen LogP contribution in [0.4, 0.5) is 0 Å². The molecule has 90 valence electrons. The Hall–Kier alpha value is -1.29. The van der Waals surface area contributed by atoms with Crippen LogP contribution in [-0.2, 0) is 6.42 Å². The normalized spacial score (nSPS) is 11.1. The summed E-state index contributed by atoms with van der Waals surface area (Å²) in [7, 11) is 0. The number of rotatable bonds is 3. The molecule has 2 aromatic rings. The van der Waals surface area contributed by atoms with Crippen LogP contribution in [0.1, 0.15) is 19.5 Å². The lowest BCUT2D eigenvalue weighted by Crippen LogP contribution is -2.05. The fourth-order valence-electron chi connectivity index (χ4n) is 1.80. The molecule has 0 radical (unpaired) electrons. The van der Waals surface area contributed by atoms with Gasteiger partial charge in [-0.2, -0.15) is 5.10 Å². The lowest BCUT2D eigenvalue weighted by atomic mass is 10.1. The standard InChI is InChI=1S/C13H15BrN2O/c1-9(2)6-11-8-13(14)15-16(11)10-4-3-5-12(17)7-10/h3-5,7-9,17H,6H2,1-2H3. The van der Waals surface area contributed by atoms with E-state index in [1.54, 1.807) is 12.1 Å². The van der Waals surface area contributed by atoms with Gasteiger partial charge in [-0.1, -0.05) is 19.9 Å². The molecule has 0 unspecified atom stereocenters. The topological polar surface area (TPSA) is 38.0 Å². The van der Waals surface area contributed by atoms with E-state index in [0.717, 1.165) is 22.4 Å². The van der Waals surface area contributed by atoms with Crippen LogP contribution in [-0.4, -0.2) is 14.9 Å². The summed E-state index contributed by atoms with van der Waals surface area (Å²) in [5.41, 5.74) is 2.02. The predicted molar refractivity (Wildman–Crippen MR) is 71.5 cm³/mol. The van der Waals surface area contributed by atoms with Gasteiger partial charge in [0.05, 0.1) is 5.69 Å². The molecule has 0 bridgehead atoms. The van der Waals surface area contributed by atoms with Gasteiger partial charge in [0.2, 0.25) is 0 Å². The van der Waals surface area contributed by atoms with Gasteiger partial charge < -0.3 is 5.11 Å². The lowest BCUT2D eigenvalue weighted by Gasteiger charge is -2.09. The number of hydrogen-bond donors (Lipinski definition) is 1. The number of phenols is 1. The Balaban J connectivity index is 2.44. The second kappa shape index (κ2) is 4.92. The molecule has 1 aromatic carbocycles. The Labute approximate surface area is 109 Å². The highest BCUT2D eigenvalue weighted by atomic mass is 79.9. The minimum atomic E-state index is 0.254. The number of aromatic hydroxyl groups is 1. The summed E-state index contributed by atoms with van der Waals surface area (Å²) < 4.78 is 2.68. The van der Waals surface area contributed by atoms with Gasteiger partial charge in [-0.05, 0) is 46.5 Å². The Morgan fingerprint density at radius 3 is 2.76 bits per heavy atom. The maximum Gasteiger partial charge on any atom is 0.128 e. The van der Waals surface area contributed by atoms with Gasteiger partial charge in [-0.3, -0.25) is 0 Å². The SMILES string of the molecule is CC(C)Cc1cc(Br)nn1-c1cccc(O)c1. The van der Waals surface area contributed by atoms with Crippen molar-refractivity contribution in [2.45, 2.75) is 20.3 Å². The summed E-state index contributed by atoms with van der Waals surface area (Å²) in [6.07, 6.45) is 0.953. The molecule has 0 aliphatic carbocycles. The molecule has 1 N–H and O–H groups in total. The third-order valence-electron chi connectivity index (χ3n) is 2.44. The van der Waals surface area contributed by atoms with E-state index in [0.29, 0.717) is 5.92 Å². The van der Waals surface area contributed by atoms with E-state index in [9.17, 15) is 5.11 Å². The number of halogens is 1. The Morgan fingerprint density at radius 2 is 2.12 bits per heavy atom. The van der Waals surface area contributed by atoms with Crippen molar-refractivity contribution in [2.75, 3.05) is 0 Å². The minimum Gasteiger partial charge on any atom is -0.508 e. The first kappa shape index (κ1) is 12.2. The highest BCUT2D eigenvalue weighted by Gasteiger charge is 2.10. The van der Waals surface area contributed by atoms with Crippen molar-refractivity contribution in [1.82, 2.24) is 9.78 Å². The molecular weight excluding hydrogens is 280 g/mol. The fourth-order valence-corrected chi connectivity index (χ4v) is 2.22. The molecule has 0 saturated carbocycles. The van der Waals surface area contributed by atoms with Crippen LogP contribution in [0.25, 0.3) is 5.69 Å². The zero-order valence-electron chi connectivity index (χ0n) is 9.89. The molecule has 2 rings (SSSR count). The van der Waals surface area contributed by atoms with Crippen LogP contribution in [0, 0.1) is 5.92 Å². The van der Waals surface area contributed by atoms with E-state index in [1.807, 2.05) is 22.9 Å². The molecule has 0 fully saturated rings. The van der Waals surface area contributed by atoms with Crippen LogP contribution >= 0.6 is 15.9 Å². The number of hydrogen-bond acceptors (Lipinski definition) is 2. The van der Waals surface area contributed by atoms with Crippen LogP contribution in [0.15, 0.2) is 34.9 Å². The van der Waals surface area contributed by atoms with Crippen molar-refractivity contribution in [3.63, 3.8) is 0 Å². The predicted octanol–water partition coefficient (Wildman–Crippen LogP) is 3.54. The minimum absolute atomic E-state index is 0.254. The first-order valence-electron chi connectivity index (χ1n) is 5.60. The molecule has 3 nitrogen and oxygen atoms in total. The third-order valence-corrected chi connectivity index (χ3v) is 2.83. The molecule has 17 heavy (non-hydrogen) atoms. The monoisotopic (exact) mass is 294 g/mol. The average Bonchev–Trinajstić information content (AvgIpc) is 2.58. The largest absolute Gasteiger partial charge is 0.508 e. The molecular formula is C13H15BrN2O. The van der Waals surface area contributed by atoms with Crippen molar-refractivity contribution in [3.8, 4) is 11.4 Å². The van der Waals surface area contributed by atoms with E-state index >= 15 is 0 Å². The quantitative estimate of drug-likeness (QED) is 0.940. The van der Waals surface area contributed by atoms with E-state index in [4.69, 9.17) is 0 Å². The number of nitrogens with zero attached hydrogens (tertiary/aromatic N) is 2. The summed E-state index contributed by atoms with van der Waals surface area (Å²) in [5.74, 6) is 0.819. The van der Waals surface area contributed by atoms with E-state index < -0.39 is 0 Å². The number of phenolic OH excluding ortho intramolecular Hbond substituents is 1. The Bertz CT molecular complexity index is 520. The summed E-state index contributed by atoms with van der Waals surface area (Å²) in [5, 5.41) is 13.9. The lowest BCUT2D eigenvalue weighted by molar-refractivity contribution is 0.474.